The third-order valence-corrected chi connectivity index (χ3v) is 4.21. The van der Waals surface area contributed by atoms with Crippen molar-refractivity contribution in [1.82, 2.24) is 10.2 Å². The van der Waals surface area contributed by atoms with Gasteiger partial charge in [0, 0.05) is 25.7 Å². The minimum Gasteiger partial charge on any atom is -0.314 e. The van der Waals surface area contributed by atoms with Gasteiger partial charge in [0.25, 0.3) is 0 Å². The zero-order valence-corrected chi connectivity index (χ0v) is 14.0. The van der Waals surface area contributed by atoms with E-state index in [0.29, 0.717) is 11.5 Å². The summed E-state index contributed by atoms with van der Waals surface area (Å²) in [6, 6.07) is 2.79. The number of hydrogen-bond acceptors (Lipinski definition) is 3. The fourth-order valence-electron chi connectivity index (χ4n) is 2.68. The summed E-state index contributed by atoms with van der Waals surface area (Å²) >= 11 is 1.78. The molecule has 19 heavy (non-hydrogen) atoms. The van der Waals surface area contributed by atoms with Crippen molar-refractivity contribution in [3.63, 3.8) is 0 Å². The molecule has 0 aromatic carbocycles. The molecule has 0 fully saturated rings. The quantitative estimate of drug-likeness (QED) is 0.737. The van der Waals surface area contributed by atoms with E-state index < -0.39 is 0 Å². The van der Waals surface area contributed by atoms with E-state index >= 15 is 0 Å². The average molecular weight is 282 g/mol. The fraction of sp³-hybridized carbons (Fsp3) is 0.750. The van der Waals surface area contributed by atoms with Gasteiger partial charge < -0.3 is 10.2 Å². The second-order valence-electron chi connectivity index (χ2n) is 6.40. The van der Waals surface area contributed by atoms with E-state index in [1.807, 2.05) is 0 Å². The molecule has 0 aliphatic carbocycles. The first-order valence-electron chi connectivity index (χ1n) is 7.38. The second-order valence-corrected chi connectivity index (χ2v) is 7.18. The molecule has 2 nitrogen and oxygen atoms in total. The highest BCUT2D eigenvalue weighted by atomic mass is 32.1. The predicted octanol–water partition coefficient (Wildman–Crippen LogP) is 3.98. The van der Waals surface area contributed by atoms with Gasteiger partial charge in [0.15, 0.2) is 0 Å². The molecule has 1 rings (SSSR count). The van der Waals surface area contributed by atoms with Crippen LogP contribution in [0.2, 0.25) is 0 Å². The molecule has 0 spiro atoms. The molecule has 3 heteroatoms. The maximum Gasteiger partial charge on any atom is 0.0239 e. The van der Waals surface area contributed by atoms with Crippen LogP contribution in [0.1, 0.15) is 46.1 Å². The zero-order valence-electron chi connectivity index (χ0n) is 13.2. The Morgan fingerprint density at radius 1 is 1.42 bits per heavy atom. The van der Waals surface area contributed by atoms with Crippen LogP contribution >= 0.6 is 11.3 Å². The second kappa shape index (κ2) is 8.03. The summed E-state index contributed by atoms with van der Waals surface area (Å²) in [5.41, 5.74) is 1.80. The van der Waals surface area contributed by atoms with Gasteiger partial charge in [0.05, 0.1) is 0 Å². The molecule has 0 amide bonds. The van der Waals surface area contributed by atoms with E-state index in [4.69, 9.17) is 0 Å². The Hall–Kier alpha value is -0.380. The van der Waals surface area contributed by atoms with Crippen LogP contribution in [0.5, 0.6) is 0 Å². The van der Waals surface area contributed by atoms with E-state index in [0.717, 1.165) is 19.6 Å². The lowest BCUT2D eigenvalue weighted by molar-refractivity contribution is 0.165. The van der Waals surface area contributed by atoms with Crippen LogP contribution in [0, 0.1) is 5.41 Å². The van der Waals surface area contributed by atoms with Crippen molar-refractivity contribution >= 4 is 11.3 Å². The van der Waals surface area contributed by atoms with Crippen molar-refractivity contribution in [1.29, 1.82) is 0 Å². The maximum atomic E-state index is 3.61. The van der Waals surface area contributed by atoms with Crippen molar-refractivity contribution < 1.29 is 0 Å². The van der Waals surface area contributed by atoms with E-state index in [-0.39, 0.29) is 0 Å². The summed E-state index contributed by atoms with van der Waals surface area (Å²) in [5, 5.41) is 8.02. The first-order valence-corrected chi connectivity index (χ1v) is 8.32. The molecule has 1 aromatic heterocycles. The average Bonchev–Trinajstić information content (AvgIpc) is 2.79. The first-order chi connectivity index (χ1) is 8.95. The van der Waals surface area contributed by atoms with Crippen molar-refractivity contribution in [3.05, 3.63) is 22.4 Å². The van der Waals surface area contributed by atoms with Crippen molar-refractivity contribution in [3.8, 4) is 0 Å². The van der Waals surface area contributed by atoms with Crippen LogP contribution in [0.15, 0.2) is 16.8 Å². The highest BCUT2D eigenvalue weighted by Crippen LogP contribution is 2.24. The minimum absolute atomic E-state index is 0.365. The summed E-state index contributed by atoms with van der Waals surface area (Å²) in [5.74, 6) is 0. The number of rotatable bonds is 9. The van der Waals surface area contributed by atoms with Gasteiger partial charge in [-0.3, -0.25) is 0 Å². The molecule has 1 heterocycles. The standard InChI is InChI=1S/C16H30N2S/c1-6-8-16(4,12-17-14(2)3)13-18(5)10-15-7-9-19-11-15/h7,9,11,14,17H,6,8,10,12-13H2,1-5H3. The van der Waals surface area contributed by atoms with Gasteiger partial charge in [-0.2, -0.15) is 11.3 Å². The largest absolute Gasteiger partial charge is 0.314 e. The van der Waals surface area contributed by atoms with Crippen LogP contribution in [-0.2, 0) is 6.54 Å². The van der Waals surface area contributed by atoms with Crippen LogP contribution in [0.4, 0.5) is 0 Å². The molecule has 0 aliphatic rings. The zero-order chi connectivity index (χ0) is 14.3. The summed E-state index contributed by atoms with van der Waals surface area (Å²) in [6.45, 7) is 12.5. The minimum atomic E-state index is 0.365. The molecule has 1 atom stereocenters. The van der Waals surface area contributed by atoms with E-state index in [2.05, 4.69) is 61.8 Å². The normalized spacial score (nSPS) is 15.1. The number of thiophene rings is 1. The van der Waals surface area contributed by atoms with Gasteiger partial charge in [0.2, 0.25) is 0 Å². The van der Waals surface area contributed by atoms with Gasteiger partial charge in [-0.25, -0.2) is 0 Å². The third-order valence-electron chi connectivity index (χ3n) is 3.47. The number of nitrogens with one attached hydrogen (secondary N) is 1. The van der Waals surface area contributed by atoms with Crippen molar-refractivity contribution in [2.45, 2.75) is 53.1 Å². The Morgan fingerprint density at radius 3 is 2.68 bits per heavy atom. The molecule has 0 bridgehead atoms. The summed E-state index contributed by atoms with van der Waals surface area (Å²) < 4.78 is 0. The number of hydrogen-bond donors (Lipinski definition) is 1. The monoisotopic (exact) mass is 282 g/mol. The van der Waals surface area contributed by atoms with E-state index in [1.165, 1.54) is 18.4 Å². The predicted molar refractivity (Wildman–Crippen MR) is 86.8 cm³/mol. The first kappa shape index (κ1) is 16.7. The van der Waals surface area contributed by atoms with Crippen LogP contribution in [-0.4, -0.2) is 31.1 Å². The van der Waals surface area contributed by atoms with Crippen molar-refractivity contribution in [2.24, 2.45) is 5.41 Å². The Morgan fingerprint density at radius 2 is 2.16 bits per heavy atom. The highest BCUT2D eigenvalue weighted by Gasteiger charge is 2.25. The molecule has 0 aliphatic heterocycles. The van der Waals surface area contributed by atoms with Crippen molar-refractivity contribution in [2.75, 3.05) is 20.1 Å². The van der Waals surface area contributed by atoms with Gasteiger partial charge in [0.1, 0.15) is 0 Å². The lowest BCUT2D eigenvalue weighted by atomic mass is 9.84. The third kappa shape index (κ3) is 6.55. The lowest BCUT2D eigenvalue weighted by Gasteiger charge is -2.34. The molecule has 0 saturated heterocycles. The Balaban J connectivity index is 2.50. The molecule has 1 unspecified atom stereocenters. The molecule has 1 aromatic rings. The molecule has 110 valence electrons. The molecule has 0 saturated carbocycles. The topological polar surface area (TPSA) is 15.3 Å². The molecular formula is C16H30N2S. The highest BCUT2D eigenvalue weighted by molar-refractivity contribution is 7.07. The maximum absolute atomic E-state index is 3.61. The summed E-state index contributed by atoms with van der Waals surface area (Å²) in [7, 11) is 2.24. The Bertz CT molecular complexity index is 335. The summed E-state index contributed by atoms with van der Waals surface area (Å²) in [6.07, 6.45) is 2.53. The number of nitrogens with zero attached hydrogens (tertiary/aromatic N) is 1. The SMILES string of the molecule is CCCC(C)(CNC(C)C)CN(C)Cc1ccsc1. The van der Waals surface area contributed by atoms with Gasteiger partial charge in [-0.1, -0.05) is 34.1 Å². The Labute approximate surface area is 123 Å². The molecular weight excluding hydrogens is 252 g/mol. The lowest BCUT2D eigenvalue weighted by Crippen LogP contribution is -2.42. The Kier molecular flexibility index (Phi) is 7.05. The van der Waals surface area contributed by atoms with E-state index in [1.54, 1.807) is 11.3 Å². The fourth-order valence-corrected chi connectivity index (χ4v) is 3.34. The molecule has 0 radical (unpaired) electrons. The molecule has 1 N–H and O–H groups in total. The van der Waals surface area contributed by atoms with Crippen LogP contribution in [0.3, 0.4) is 0 Å². The smallest absolute Gasteiger partial charge is 0.0239 e. The van der Waals surface area contributed by atoms with Crippen LogP contribution in [0.25, 0.3) is 0 Å². The van der Waals surface area contributed by atoms with Gasteiger partial charge in [-0.15, -0.1) is 0 Å². The van der Waals surface area contributed by atoms with Gasteiger partial charge >= 0.3 is 0 Å². The summed E-state index contributed by atoms with van der Waals surface area (Å²) in [4.78, 5) is 2.46. The van der Waals surface area contributed by atoms with Gasteiger partial charge in [-0.05, 0) is 41.3 Å². The van der Waals surface area contributed by atoms with E-state index in [9.17, 15) is 0 Å². The van der Waals surface area contributed by atoms with Crippen LogP contribution < -0.4 is 5.32 Å².